The van der Waals surface area contributed by atoms with Crippen molar-refractivity contribution < 1.29 is 4.39 Å². The van der Waals surface area contributed by atoms with Crippen LogP contribution in [0.2, 0.25) is 0 Å². The van der Waals surface area contributed by atoms with E-state index in [0.717, 1.165) is 37.7 Å². The molecular formula is C15H23FN2. The van der Waals surface area contributed by atoms with Gasteiger partial charge in [-0.1, -0.05) is 12.1 Å². The molecule has 1 heterocycles. The van der Waals surface area contributed by atoms with E-state index in [0.29, 0.717) is 0 Å². The molecule has 0 saturated carbocycles. The zero-order chi connectivity index (χ0) is 12.8. The maximum absolute atomic E-state index is 13.1. The number of piperidine rings is 1. The molecule has 0 bridgehead atoms. The van der Waals surface area contributed by atoms with E-state index in [2.05, 4.69) is 17.3 Å². The molecule has 1 N–H and O–H groups in total. The first-order valence-electron chi connectivity index (χ1n) is 6.88. The van der Waals surface area contributed by atoms with E-state index in [4.69, 9.17) is 0 Å². The number of halogens is 1. The van der Waals surface area contributed by atoms with Crippen molar-refractivity contribution in [2.24, 2.45) is 5.92 Å². The highest BCUT2D eigenvalue weighted by Crippen LogP contribution is 2.16. The normalized spacial score (nSPS) is 17.3. The van der Waals surface area contributed by atoms with E-state index in [1.54, 1.807) is 12.1 Å². The van der Waals surface area contributed by atoms with E-state index in [9.17, 15) is 4.39 Å². The standard InChI is InChI=1S/C15H23FN2/c1-18(10-7-13-5-8-17-9-6-13)12-14-3-2-4-15(16)11-14/h2-4,11,13,17H,5-10,12H2,1H3. The summed E-state index contributed by atoms with van der Waals surface area (Å²) < 4.78 is 13.1. The van der Waals surface area contributed by atoms with Crippen LogP contribution < -0.4 is 5.32 Å². The summed E-state index contributed by atoms with van der Waals surface area (Å²) in [5.41, 5.74) is 1.06. The van der Waals surface area contributed by atoms with Crippen molar-refractivity contribution in [2.45, 2.75) is 25.8 Å². The van der Waals surface area contributed by atoms with Gasteiger partial charge in [-0.25, -0.2) is 4.39 Å². The average Bonchev–Trinajstić information content (AvgIpc) is 2.38. The molecule has 0 aliphatic carbocycles. The lowest BCUT2D eigenvalue weighted by Crippen LogP contribution is -2.30. The van der Waals surface area contributed by atoms with Gasteiger partial charge in [0.1, 0.15) is 5.82 Å². The third-order valence-corrected chi connectivity index (χ3v) is 3.72. The second-order valence-electron chi connectivity index (χ2n) is 5.35. The quantitative estimate of drug-likeness (QED) is 0.864. The molecule has 0 radical (unpaired) electrons. The van der Waals surface area contributed by atoms with Gasteiger partial charge in [0.2, 0.25) is 0 Å². The van der Waals surface area contributed by atoms with Crippen molar-refractivity contribution in [3.63, 3.8) is 0 Å². The summed E-state index contributed by atoms with van der Waals surface area (Å²) in [4.78, 5) is 2.29. The Morgan fingerprint density at radius 2 is 2.11 bits per heavy atom. The predicted octanol–water partition coefficient (Wildman–Crippen LogP) is 2.65. The number of benzene rings is 1. The van der Waals surface area contributed by atoms with Gasteiger partial charge in [0.15, 0.2) is 0 Å². The Bertz CT molecular complexity index is 361. The molecular weight excluding hydrogens is 227 g/mol. The third-order valence-electron chi connectivity index (χ3n) is 3.72. The second-order valence-corrected chi connectivity index (χ2v) is 5.35. The summed E-state index contributed by atoms with van der Waals surface area (Å²) in [6, 6.07) is 6.90. The Morgan fingerprint density at radius 3 is 2.83 bits per heavy atom. The molecule has 100 valence electrons. The van der Waals surface area contributed by atoms with Crippen LogP contribution >= 0.6 is 0 Å². The van der Waals surface area contributed by atoms with Gasteiger partial charge in [0.25, 0.3) is 0 Å². The number of nitrogens with zero attached hydrogens (tertiary/aromatic N) is 1. The van der Waals surface area contributed by atoms with Crippen LogP contribution in [0.1, 0.15) is 24.8 Å². The number of rotatable bonds is 5. The van der Waals surface area contributed by atoms with Gasteiger partial charge in [0, 0.05) is 6.54 Å². The predicted molar refractivity (Wildman–Crippen MR) is 72.9 cm³/mol. The van der Waals surface area contributed by atoms with Crippen LogP contribution in [0.15, 0.2) is 24.3 Å². The number of hydrogen-bond donors (Lipinski definition) is 1. The summed E-state index contributed by atoms with van der Waals surface area (Å²) in [6.07, 6.45) is 3.86. The molecule has 0 amide bonds. The molecule has 1 aromatic carbocycles. The summed E-state index contributed by atoms with van der Waals surface area (Å²) in [5.74, 6) is 0.723. The molecule has 2 rings (SSSR count). The zero-order valence-electron chi connectivity index (χ0n) is 11.2. The van der Waals surface area contributed by atoms with Crippen molar-refractivity contribution in [1.82, 2.24) is 10.2 Å². The highest BCUT2D eigenvalue weighted by atomic mass is 19.1. The Kier molecular flexibility index (Phi) is 5.14. The summed E-state index contributed by atoms with van der Waals surface area (Å²) in [7, 11) is 2.12. The van der Waals surface area contributed by atoms with Crippen molar-refractivity contribution in [3.05, 3.63) is 35.6 Å². The lowest BCUT2D eigenvalue weighted by molar-refractivity contribution is 0.266. The molecule has 1 saturated heterocycles. The summed E-state index contributed by atoms with van der Waals surface area (Å²) in [6.45, 7) is 4.26. The highest BCUT2D eigenvalue weighted by Gasteiger charge is 2.13. The first kappa shape index (κ1) is 13.5. The molecule has 1 aliphatic heterocycles. The van der Waals surface area contributed by atoms with Crippen LogP contribution in [0, 0.1) is 11.7 Å². The fourth-order valence-corrected chi connectivity index (χ4v) is 2.60. The molecule has 0 spiro atoms. The van der Waals surface area contributed by atoms with Gasteiger partial charge in [0.05, 0.1) is 0 Å². The topological polar surface area (TPSA) is 15.3 Å². The SMILES string of the molecule is CN(CCC1CCNCC1)Cc1cccc(F)c1. The van der Waals surface area contributed by atoms with E-state index in [1.807, 2.05) is 6.07 Å². The largest absolute Gasteiger partial charge is 0.317 e. The highest BCUT2D eigenvalue weighted by molar-refractivity contribution is 5.15. The molecule has 3 heteroatoms. The minimum absolute atomic E-state index is 0.140. The first-order chi connectivity index (χ1) is 8.74. The monoisotopic (exact) mass is 250 g/mol. The maximum Gasteiger partial charge on any atom is 0.123 e. The van der Waals surface area contributed by atoms with Crippen LogP contribution in [0.25, 0.3) is 0 Å². The van der Waals surface area contributed by atoms with Crippen molar-refractivity contribution in [3.8, 4) is 0 Å². The molecule has 18 heavy (non-hydrogen) atoms. The van der Waals surface area contributed by atoms with Gasteiger partial charge in [-0.2, -0.15) is 0 Å². The fraction of sp³-hybridized carbons (Fsp3) is 0.600. The number of hydrogen-bond acceptors (Lipinski definition) is 2. The Balaban J connectivity index is 1.72. The lowest BCUT2D eigenvalue weighted by Gasteiger charge is -2.25. The Morgan fingerprint density at radius 1 is 1.33 bits per heavy atom. The van der Waals surface area contributed by atoms with Crippen LogP contribution in [0.5, 0.6) is 0 Å². The van der Waals surface area contributed by atoms with Crippen molar-refractivity contribution in [2.75, 3.05) is 26.7 Å². The van der Waals surface area contributed by atoms with E-state index < -0.39 is 0 Å². The van der Waals surface area contributed by atoms with Gasteiger partial charge in [-0.15, -0.1) is 0 Å². The summed E-state index contributed by atoms with van der Waals surface area (Å²) >= 11 is 0. The molecule has 0 aromatic heterocycles. The number of nitrogens with one attached hydrogen (secondary N) is 1. The van der Waals surface area contributed by atoms with E-state index in [1.165, 1.54) is 25.3 Å². The first-order valence-corrected chi connectivity index (χ1v) is 6.88. The average molecular weight is 250 g/mol. The molecule has 0 atom stereocenters. The Labute approximate surface area is 109 Å². The van der Waals surface area contributed by atoms with Gasteiger partial charge in [-0.3, -0.25) is 0 Å². The lowest BCUT2D eigenvalue weighted by atomic mass is 9.94. The van der Waals surface area contributed by atoms with Crippen molar-refractivity contribution >= 4 is 0 Å². The summed E-state index contributed by atoms with van der Waals surface area (Å²) in [5, 5.41) is 3.39. The van der Waals surface area contributed by atoms with Gasteiger partial charge in [-0.05, 0) is 69.6 Å². The molecule has 0 unspecified atom stereocenters. The van der Waals surface area contributed by atoms with Crippen LogP contribution in [-0.4, -0.2) is 31.6 Å². The van der Waals surface area contributed by atoms with E-state index >= 15 is 0 Å². The smallest absolute Gasteiger partial charge is 0.123 e. The van der Waals surface area contributed by atoms with E-state index in [-0.39, 0.29) is 5.82 Å². The van der Waals surface area contributed by atoms with Gasteiger partial charge < -0.3 is 10.2 Å². The van der Waals surface area contributed by atoms with Gasteiger partial charge >= 0.3 is 0 Å². The minimum atomic E-state index is -0.140. The van der Waals surface area contributed by atoms with Crippen LogP contribution in [0.3, 0.4) is 0 Å². The second kappa shape index (κ2) is 6.86. The molecule has 1 aliphatic rings. The van der Waals surface area contributed by atoms with Crippen LogP contribution in [0.4, 0.5) is 4.39 Å². The molecule has 1 fully saturated rings. The zero-order valence-corrected chi connectivity index (χ0v) is 11.2. The maximum atomic E-state index is 13.1. The Hall–Kier alpha value is -0.930. The third kappa shape index (κ3) is 4.39. The fourth-order valence-electron chi connectivity index (χ4n) is 2.60. The molecule has 1 aromatic rings. The molecule has 2 nitrogen and oxygen atoms in total. The van der Waals surface area contributed by atoms with Crippen LogP contribution in [-0.2, 0) is 6.54 Å². The van der Waals surface area contributed by atoms with Crippen molar-refractivity contribution in [1.29, 1.82) is 0 Å². The minimum Gasteiger partial charge on any atom is -0.317 e.